The first kappa shape index (κ1) is 58.8. The van der Waals surface area contributed by atoms with Gasteiger partial charge in [0.2, 0.25) is 5.91 Å². The molecule has 0 spiro atoms. The third kappa shape index (κ3) is 46.3. The Morgan fingerprint density at radius 1 is 0.417 bits per heavy atom. The smallest absolute Gasteiger partial charge is 0.222 e. The van der Waals surface area contributed by atoms with Gasteiger partial charge in [-0.2, -0.15) is 0 Å². The SMILES string of the molecule is CCCCCCCCCCCCC/C=C\C/C=C\CCCCCCCCCCCCCCCCCC(O)CC(=O)NC(CO)C(O)CCCCCCCCCCCCCC. The Labute approximate surface area is 375 Å². The van der Waals surface area contributed by atoms with Crippen LogP contribution in [0.5, 0.6) is 0 Å². The lowest BCUT2D eigenvalue weighted by molar-refractivity contribution is -0.125. The Kier molecular flexibility index (Phi) is 49.5. The van der Waals surface area contributed by atoms with Crippen molar-refractivity contribution in [3.8, 4) is 0 Å². The molecule has 356 valence electrons. The number of aliphatic hydroxyl groups is 3. The Morgan fingerprint density at radius 3 is 1.05 bits per heavy atom. The molecule has 0 bridgehead atoms. The van der Waals surface area contributed by atoms with Crippen LogP contribution >= 0.6 is 0 Å². The summed E-state index contributed by atoms with van der Waals surface area (Å²) >= 11 is 0. The summed E-state index contributed by atoms with van der Waals surface area (Å²) in [5.74, 6) is -0.280. The number of aliphatic hydroxyl groups excluding tert-OH is 3. The number of carbonyl (C=O) groups excluding carboxylic acids is 1. The molecule has 60 heavy (non-hydrogen) atoms. The van der Waals surface area contributed by atoms with E-state index < -0.39 is 18.2 Å². The van der Waals surface area contributed by atoms with Crippen molar-refractivity contribution in [1.82, 2.24) is 5.32 Å². The zero-order valence-corrected chi connectivity index (χ0v) is 40.6. The second-order valence-electron chi connectivity index (χ2n) is 18.8. The number of unbranched alkanes of at least 4 members (excludes halogenated alkanes) is 37. The summed E-state index contributed by atoms with van der Waals surface area (Å²) in [5.41, 5.74) is 0. The average Bonchev–Trinajstić information content (AvgIpc) is 3.24. The van der Waals surface area contributed by atoms with Crippen molar-refractivity contribution >= 4 is 5.91 Å². The molecule has 0 aromatic heterocycles. The highest BCUT2D eigenvalue weighted by Gasteiger charge is 2.21. The second kappa shape index (κ2) is 50.5. The number of hydrogen-bond acceptors (Lipinski definition) is 4. The monoisotopic (exact) mass is 846 g/mol. The van der Waals surface area contributed by atoms with Crippen molar-refractivity contribution in [2.24, 2.45) is 0 Å². The standard InChI is InChI=1S/C55H107NO4/c1-3-5-7-9-11-13-15-17-18-19-20-21-22-23-24-25-26-27-28-29-30-31-32-33-34-35-36-37-38-40-42-44-46-48-52(58)50-55(60)56-53(51-57)54(59)49-47-45-43-41-39-16-14-12-10-8-6-4-2/h22-23,25-26,52-54,57-59H,3-21,24,27-51H2,1-2H3,(H,56,60)/b23-22-,26-25-. The van der Waals surface area contributed by atoms with E-state index >= 15 is 0 Å². The lowest BCUT2D eigenvalue weighted by Gasteiger charge is -2.23. The molecule has 0 radical (unpaired) electrons. The lowest BCUT2D eigenvalue weighted by Crippen LogP contribution is -2.46. The minimum Gasteiger partial charge on any atom is -0.394 e. The van der Waals surface area contributed by atoms with E-state index in [0.29, 0.717) is 12.8 Å². The molecule has 0 fully saturated rings. The van der Waals surface area contributed by atoms with Crippen molar-refractivity contribution in [3.05, 3.63) is 24.3 Å². The van der Waals surface area contributed by atoms with Crippen LogP contribution in [0.1, 0.15) is 296 Å². The first-order valence-corrected chi connectivity index (χ1v) is 27.1. The van der Waals surface area contributed by atoms with Crippen molar-refractivity contribution in [2.75, 3.05) is 6.61 Å². The molecule has 1 amide bonds. The average molecular weight is 846 g/mol. The van der Waals surface area contributed by atoms with Gasteiger partial charge in [0.15, 0.2) is 0 Å². The highest BCUT2D eigenvalue weighted by atomic mass is 16.3. The quantitative estimate of drug-likeness (QED) is 0.0363. The van der Waals surface area contributed by atoms with E-state index in [9.17, 15) is 20.1 Å². The van der Waals surface area contributed by atoms with E-state index in [1.165, 1.54) is 231 Å². The van der Waals surface area contributed by atoms with Gasteiger partial charge in [0.1, 0.15) is 0 Å². The molecule has 3 unspecified atom stereocenters. The number of allylic oxidation sites excluding steroid dienone is 4. The van der Waals surface area contributed by atoms with Crippen LogP contribution in [0.25, 0.3) is 0 Å². The molecule has 5 heteroatoms. The van der Waals surface area contributed by atoms with Crippen LogP contribution in [0.4, 0.5) is 0 Å². The molecule has 4 N–H and O–H groups in total. The van der Waals surface area contributed by atoms with E-state index in [0.717, 1.165) is 32.1 Å². The fraction of sp³-hybridized carbons (Fsp3) is 0.909. The zero-order chi connectivity index (χ0) is 43.7. The maximum Gasteiger partial charge on any atom is 0.222 e. The second-order valence-corrected chi connectivity index (χ2v) is 18.8. The molecular formula is C55H107NO4. The summed E-state index contributed by atoms with van der Waals surface area (Å²) in [7, 11) is 0. The highest BCUT2D eigenvalue weighted by Crippen LogP contribution is 2.17. The minimum absolute atomic E-state index is 0.0389. The molecule has 0 aromatic rings. The topological polar surface area (TPSA) is 89.8 Å². The van der Waals surface area contributed by atoms with Gasteiger partial charge >= 0.3 is 0 Å². The molecule has 5 nitrogen and oxygen atoms in total. The summed E-state index contributed by atoms with van der Waals surface area (Å²) in [6.07, 6.45) is 63.4. The zero-order valence-electron chi connectivity index (χ0n) is 40.6. The summed E-state index contributed by atoms with van der Waals surface area (Å²) < 4.78 is 0. The van der Waals surface area contributed by atoms with Crippen molar-refractivity contribution in [2.45, 2.75) is 315 Å². The Morgan fingerprint density at radius 2 is 0.717 bits per heavy atom. The Balaban J connectivity index is 3.47. The van der Waals surface area contributed by atoms with E-state index in [2.05, 4.69) is 43.5 Å². The summed E-state index contributed by atoms with van der Waals surface area (Å²) in [5, 5.41) is 33.5. The third-order valence-electron chi connectivity index (χ3n) is 12.8. The normalized spacial score (nSPS) is 13.5. The van der Waals surface area contributed by atoms with Gasteiger partial charge in [-0.05, 0) is 44.9 Å². The van der Waals surface area contributed by atoms with Gasteiger partial charge in [-0.1, -0.05) is 269 Å². The van der Waals surface area contributed by atoms with Crippen LogP contribution in [0.3, 0.4) is 0 Å². The number of amides is 1. The third-order valence-corrected chi connectivity index (χ3v) is 12.8. The molecule has 0 rings (SSSR count). The maximum absolute atomic E-state index is 12.5. The van der Waals surface area contributed by atoms with Gasteiger partial charge in [-0.3, -0.25) is 4.79 Å². The van der Waals surface area contributed by atoms with E-state index in [1.807, 2.05) is 0 Å². The summed E-state index contributed by atoms with van der Waals surface area (Å²) in [6.45, 7) is 4.28. The number of carbonyl (C=O) groups is 1. The van der Waals surface area contributed by atoms with Gasteiger partial charge in [-0.25, -0.2) is 0 Å². The lowest BCUT2D eigenvalue weighted by atomic mass is 10.0. The molecule has 0 aromatic carbocycles. The van der Waals surface area contributed by atoms with E-state index in [1.54, 1.807) is 0 Å². The number of rotatable bonds is 50. The van der Waals surface area contributed by atoms with Crippen LogP contribution in [0.2, 0.25) is 0 Å². The van der Waals surface area contributed by atoms with Crippen LogP contribution in [-0.4, -0.2) is 46.1 Å². The summed E-state index contributed by atoms with van der Waals surface area (Å²) in [4.78, 5) is 12.5. The van der Waals surface area contributed by atoms with Crippen molar-refractivity contribution < 1.29 is 20.1 Å². The molecule has 3 atom stereocenters. The Hall–Kier alpha value is -1.17. The maximum atomic E-state index is 12.5. The fourth-order valence-electron chi connectivity index (χ4n) is 8.61. The van der Waals surface area contributed by atoms with Crippen LogP contribution in [-0.2, 0) is 4.79 Å². The van der Waals surface area contributed by atoms with Gasteiger partial charge < -0.3 is 20.6 Å². The predicted molar refractivity (Wildman–Crippen MR) is 264 cm³/mol. The first-order chi connectivity index (χ1) is 29.5. The van der Waals surface area contributed by atoms with Crippen LogP contribution < -0.4 is 5.32 Å². The van der Waals surface area contributed by atoms with Crippen LogP contribution in [0.15, 0.2) is 24.3 Å². The van der Waals surface area contributed by atoms with Gasteiger partial charge in [0.25, 0.3) is 0 Å². The van der Waals surface area contributed by atoms with Crippen LogP contribution in [0, 0.1) is 0 Å². The first-order valence-electron chi connectivity index (χ1n) is 27.1. The molecule has 0 aliphatic carbocycles. The predicted octanol–water partition coefficient (Wildman–Crippen LogP) is 16.5. The number of nitrogens with one attached hydrogen (secondary N) is 1. The van der Waals surface area contributed by atoms with E-state index in [4.69, 9.17) is 0 Å². The fourth-order valence-corrected chi connectivity index (χ4v) is 8.61. The highest BCUT2D eigenvalue weighted by molar-refractivity contribution is 5.76. The largest absolute Gasteiger partial charge is 0.394 e. The summed E-state index contributed by atoms with van der Waals surface area (Å²) in [6, 6.07) is -0.656. The number of hydrogen-bond donors (Lipinski definition) is 4. The molecule has 0 aliphatic rings. The molecule has 0 saturated heterocycles. The van der Waals surface area contributed by atoms with Crippen molar-refractivity contribution in [3.63, 3.8) is 0 Å². The molecule has 0 saturated carbocycles. The molecular weight excluding hydrogens is 739 g/mol. The molecule has 0 heterocycles. The van der Waals surface area contributed by atoms with Gasteiger partial charge in [0, 0.05) is 0 Å². The van der Waals surface area contributed by atoms with Gasteiger partial charge in [0.05, 0.1) is 31.3 Å². The van der Waals surface area contributed by atoms with Crippen molar-refractivity contribution in [1.29, 1.82) is 0 Å². The van der Waals surface area contributed by atoms with Gasteiger partial charge in [-0.15, -0.1) is 0 Å². The Bertz CT molecular complexity index is 890. The minimum atomic E-state index is -0.746. The van der Waals surface area contributed by atoms with E-state index in [-0.39, 0.29) is 18.9 Å². The molecule has 0 aliphatic heterocycles.